The van der Waals surface area contributed by atoms with E-state index < -0.39 is 0 Å². The second-order valence-electron chi connectivity index (χ2n) is 5.68. The average molecular weight is 225 g/mol. The van der Waals surface area contributed by atoms with Gasteiger partial charge in [0.05, 0.1) is 0 Å². The van der Waals surface area contributed by atoms with Crippen LogP contribution >= 0.6 is 0 Å². The summed E-state index contributed by atoms with van der Waals surface area (Å²) in [6.07, 6.45) is 9.94. The lowest BCUT2D eigenvalue weighted by molar-refractivity contribution is 0.160. The average Bonchev–Trinajstić information content (AvgIpc) is 2.30. The Bertz CT molecular complexity index is 167. The Labute approximate surface area is 102 Å². The van der Waals surface area contributed by atoms with Crippen LogP contribution in [-0.2, 0) is 0 Å². The van der Waals surface area contributed by atoms with Gasteiger partial charge in [0.15, 0.2) is 0 Å². The van der Waals surface area contributed by atoms with Gasteiger partial charge in [-0.3, -0.25) is 0 Å². The van der Waals surface area contributed by atoms with E-state index >= 15 is 0 Å². The molecular formula is C15H31N. The molecule has 1 aliphatic carbocycles. The Morgan fingerprint density at radius 3 is 2.56 bits per heavy atom. The maximum absolute atomic E-state index is 3.63. The molecule has 0 amide bonds. The van der Waals surface area contributed by atoms with Crippen LogP contribution in [0, 0.1) is 17.8 Å². The van der Waals surface area contributed by atoms with Crippen molar-refractivity contribution in [1.82, 2.24) is 5.32 Å². The topological polar surface area (TPSA) is 12.0 Å². The summed E-state index contributed by atoms with van der Waals surface area (Å²) < 4.78 is 0. The van der Waals surface area contributed by atoms with Gasteiger partial charge in [0, 0.05) is 0 Å². The van der Waals surface area contributed by atoms with Crippen LogP contribution in [0.5, 0.6) is 0 Å². The Morgan fingerprint density at radius 2 is 1.88 bits per heavy atom. The fourth-order valence-corrected chi connectivity index (χ4v) is 3.37. The maximum atomic E-state index is 3.63. The molecule has 16 heavy (non-hydrogen) atoms. The van der Waals surface area contributed by atoms with Crippen LogP contribution in [0.3, 0.4) is 0 Å². The number of rotatable bonds is 7. The highest BCUT2D eigenvalue weighted by Crippen LogP contribution is 2.36. The van der Waals surface area contributed by atoms with Crippen LogP contribution in [-0.4, -0.2) is 13.1 Å². The highest BCUT2D eigenvalue weighted by molar-refractivity contribution is 4.80. The fourth-order valence-electron chi connectivity index (χ4n) is 3.37. The standard InChI is InChI=1S/C15H31N/c1-4-8-13(3)15-10-7-6-9-14(15)12-16-11-5-2/h13-16H,4-12H2,1-3H3. The maximum Gasteiger partial charge on any atom is -0.00178 e. The molecular weight excluding hydrogens is 194 g/mol. The summed E-state index contributed by atoms with van der Waals surface area (Å²) >= 11 is 0. The summed E-state index contributed by atoms with van der Waals surface area (Å²) in [5.74, 6) is 2.90. The number of hydrogen-bond donors (Lipinski definition) is 1. The van der Waals surface area contributed by atoms with Crippen LogP contribution in [0.2, 0.25) is 0 Å². The molecule has 3 unspecified atom stereocenters. The lowest BCUT2D eigenvalue weighted by Crippen LogP contribution is -2.34. The zero-order valence-corrected chi connectivity index (χ0v) is 11.6. The Hall–Kier alpha value is -0.0400. The van der Waals surface area contributed by atoms with Gasteiger partial charge in [-0.2, -0.15) is 0 Å². The first-order valence-electron chi connectivity index (χ1n) is 7.50. The lowest BCUT2D eigenvalue weighted by atomic mass is 9.72. The van der Waals surface area contributed by atoms with Gasteiger partial charge < -0.3 is 5.32 Å². The zero-order chi connectivity index (χ0) is 11.8. The quantitative estimate of drug-likeness (QED) is 0.639. The molecule has 96 valence electrons. The van der Waals surface area contributed by atoms with E-state index in [1.807, 2.05) is 0 Å². The van der Waals surface area contributed by atoms with E-state index in [0.717, 1.165) is 17.8 Å². The molecule has 0 spiro atoms. The van der Waals surface area contributed by atoms with Crippen LogP contribution in [0.4, 0.5) is 0 Å². The monoisotopic (exact) mass is 225 g/mol. The van der Waals surface area contributed by atoms with Gasteiger partial charge in [0.25, 0.3) is 0 Å². The molecule has 0 heterocycles. The van der Waals surface area contributed by atoms with E-state index in [0.29, 0.717) is 0 Å². The van der Waals surface area contributed by atoms with Gasteiger partial charge in [-0.1, -0.05) is 46.5 Å². The van der Waals surface area contributed by atoms with Crippen molar-refractivity contribution in [3.63, 3.8) is 0 Å². The third kappa shape index (κ3) is 4.45. The molecule has 0 aliphatic heterocycles. The highest BCUT2D eigenvalue weighted by Gasteiger charge is 2.28. The summed E-state index contributed by atoms with van der Waals surface area (Å²) in [6, 6.07) is 0. The van der Waals surface area contributed by atoms with Crippen molar-refractivity contribution in [2.75, 3.05) is 13.1 Å². The second-order valence-corrected chi connectivity index (χ2v) is 5.68. The molecule has 0 saturated heterocycles. The Morgan fingerprint density at radius 1 is 1.12 bits per heavy atom. The first kappa shape index (κ1) is 14.0. The van der Waals surface area contributed by atoms with E-state index in [-0.39, 0.29) is 0 Å². The molecule has 1 heteroatoms. The van der Waals surface area contributed by atoms with Crippen LogP contribution in [0.15, 0.2) is 0 Å². The lowest BCUT2D eigenvalue weighted by Gasteiger charge is -2.36. The van der Waals surface area contributed by atoms with Crippen molar-refractivity contribution in [3.05, 3.63) is 0 Å². The van der Waals surface area contributed by atoms with Crippen molar-refractivity contribution < 1.29 is 0 Å². The minimum absolute atomic E-state index is 0.943. The Kier molecular flexibility index (Phi) is 7.11. The molecule has 0 aromatic carbocycles. The van der Waals surface area contributed by atoms with Crippen molar-refractivity contribution in [1.29, 1.82) is 0 Å². The predicted molar refractivity (Wildman–Crippen MR) is 72.7 cm³/mol. The van der Waals surface area contributed by atoms with E-state index in [1.165, 1.54) is 58.0 Å². The van der Waals surface area contributed by atoms with Crippen LogP contribution in [0.1, 0.15) is 65.7 Å². The smallest absolute Gasteiger partial charge is 0.00178 e. The fraction of sp³-hybridized carbons (Fsp3) is 1.00. The summed E-state index contributed by atoms with van der Waals surface area (Å²) in [4.78, 5) is 0. The molecule has 0 aromatic rings. The van der Waals surface area contributed by atoms with E-state index in [2.05, 4.69) is 26.1 Å². The van der Waals surface area contributed by atoms with Crippen molar-refractivity contribution >= 4 is 0 Å². The molecule has 0 bridgehead atoms. The largest absolute Gasteiger partial charge is 0.316 e. The predicted octanol–water partition coefficient (Wildman–Crippen LogP) is 4.23. The third-order valence-corrected chi connectivity index (χ3v) is 4.28. The molecule has 1 saturated carbocycles. The van der Waals surface area contributed by atoms with E-state index in [1.54, 1.807) is 0 Å². The summed E-state index contributed by atoms with van der Waals surface area (Å²) in [5.41, 5.74) is 0. The molecule has 1 fully saturated rings. The molecule has 1 rings (SSSR count). The van der Waals surface area contributed by atoms with Gasteiger partial charge in [0.2, 0.25) is 0 Å². The number of hydrogen-bond acceptors (Lipinski definition) is 1. The summed E-state index contributed by atoms with van der Waals surface area (Å²) in [6.45, 7) is 9.53. The van der Waals surface area contributed by atoms with Gasteiger partial charge in [-0.05, 0) is 50.1 Å². The second kappa shape index (κ2) is 8.11. The molecule has 3 atom stereocenters. The SMILES string of the molecule is CCCNCC1CCCCC1C(C)CCC. The third-order valence-electron chi connectivity index (χ3n) is 4.28. The van der Waals surface area contributed by atoms with Crippen molar-refractivity contribution in [2.45, 2.75) is 65.7 Å². The summed E-state index contributed by atoms with van der Waals surface area (Å²) in [5, 5.41) is 3.63. The van der Waals surface area contributed by atoms with Crippen LogP contribution < -0.4 is 5.32 Å². The van der Waals surface area contributed by atoms with Gasteiger partial charge in [0.1, 0.15) is 0 Å². The van der Waals surface area contributed by atoms with E-state index in [4.69, 9.17) is 0 Å². The molecule has 0 aromatic heterocycles. The first-order chi connectivity index (χ1) is 7.79. The van der Waals surface area contributed by atoms with Gasteiger partial charge in [-0.25, -0.2) is 0 Å². The van der Waals surface area contributed by atoms with Crippen LogP contribution in [0.25, 0.3) is 0 Å². The first-order valence-corrected chi connectivity index (χ1v) is 7.50. The normalized spacial score (nSPS) is 27.9. The highest BCUT2D eigenvalue weighted by atomic mass is 14.9. The van der Waals surface area contributed by atoms with Gasteiger partial charge >= 0.3 is 0 Å². The van der Waals surface area contributed by atoms with E-state index in [9.17, 15) is 0 Å². The van der Waals surface area contributed by atoms with Crippen molar-refractivity contribution in [2.24, 2.45) is 17.8 Å². The molecule has 1 N–H and O–H groups in total. The minimum Gasteiger partial charge on any atom is -0.316 e. The number of nitrogens with one attached hydrogen (secondary N) is 1. The minimum atomic E-state index is 0.943. The molecule has 1 aliphatic rings. The summed E-state index contributed by atoms with van der Waals surface area (Å²) in [7, 11) is 0. The van der Waals surface area contributed by atoms with Crippen molar-refractivity contribution in [3.8, 4) is 0 Å². The zero-order valence-electron chi connectivity index (χ0n) is 11.6. The molecule has 1 nitrogen and oxygen atoms in total. The molecule has 0 radical (unpaired) electrons. The van der Waals surface area contributed by atoms with Gasteiger partial charge in [-0.15, -0.1) is 0 Å². The Balaban J connectivity index is 2.36.